The van der Waals surface area contributed by atoms with Crippen LogP contribution in [0.1, 0.15) is 78.5 Å². The van der Waals surface area contributed by atoms with E-state index in [0.717, 1.165) is 52.1 Å². The van der Waals surface area contributed by atoms with Gasteiger partial charge in [0.2, 0.25) is 0 Å². The van der Waals surface area contributed by atoms with Crippen LogP contribution in [0.15, 0.2) is 75.7 Å². The zero-order chi connectivity index (χ0) is 39.7. The third kappa shape index (κ3) is 13.0. The van der Waals surface area contributed by atoms with Crippen LogP contribution in [0, 0.1) is 0 Å². The number of H-pyrrole nitrogens is 2. The van der Waals surface area contributed by atoms with Crippen LogP contribution in [0.4, 0.5) is 17.1 Å². The van der Waals surface area contributed by atoms with Gasteiger partial charge in [-0.1, -0.05) is 27.7 Å². The van der Waals surface area contributed by atoms with Crippen LogP contribution in [-0.4, -0.2) is 108 Å². The number of nitrogens with zero attached hydrogens (tertiary/aromatic N) is 4. The van der Waals surface area contributed by atoms with Gasteiger partial charge in [-0.3, -0.25) is 19.2 Å². The van der Waals surface area contributed by atoms with Gasteiger partial charge in [-0.05, 0) is 120 Å². The van der Waals surface area contributed by atoms with Crippen molar-refractivity contribution < 1.29 is 19.2 Å². The van der Waals surface area contributed by atoms with E-state index in [9.17, 15) is 24.0 Å². The highest BCUT2D eigenvalue weighted by Crippen LogP contribution is 2.20. The molecule has 1 atom stereocenters. The molecule has 0 radical (unpaired) electrons. The topological polar surface area (TPSA) is 196 Å². The Hall–Kier alpha value is -5.67. The molecule has 4 aromatic rings. The second-order valence-electron chi connectivity index (χ2n) is 13.1. The van der Waals surface area contributed by atoms with Crippen LogP contribution in [0.5, 0.6) is 0 Å². The monoisotopic (exact) mass is 754 g/mol. The summed E-state index contributed by atoms with van der Waals surface area (Å²) in [5.41, 5.74) is 3.30. The lowest BCUT2D eigenvalue weighted by molar-refractivity contribution is -0.117. The first-order valence-corrected chi connectivity index (χ1v) is 19.0. The summed E-state index contributed by atoms with van der Waals surface area (Å²) >= 11 is 0. The third-order valence-corrected chi connectivity index (χ3v) is 9.30. The minimum Gasteiger partial charge on any atom is -0.382 e. The Bertz CT molecular complexity index is 1930. The summed E-state index contributed by atoms with van der Waals surface area (Å²) < 4.78 is 0. The Kier molecular flexibility index (Phi) is 16.3. The second kappa shape index (κ2) is 21.3. The zero-order valence-electron chi connectivity index (χ0n) is 32.5. The normalized spacial score (nSPS) is 12.0. The maximum atomic E-state index is 13.4. The highest BCUT2D eigenvalue weighted by atomic mass is 16.2. The number of aromatic amines is 2. The molecule has 0 saturated carbocycles. The first-order valence-electron chi connectivity index (χ1n) is 19.0. The number of amides is 3. The smallest absolute Gasteiger partial charge is 0.323 e. The summed E-state index contributed by atoms with van der Waals surface area (Å²) in [5.74, 6) is -1.31. The summed E-state index contributed by atoms with van der Waals surface area (Å²) in [5, 5.41) is 20.3. The van der Waals surface area contributed by atoms with E-state index in [2.05, 4.69) is 79.0 Å². The van der Waals surface area contributed by atoms with Crippen LogP contribution in [-0.2, 0) is 4.79 Å². The number of aromatic nitrogens is 2. The van der Waals surface area contributed by atoms with E-state index >= 15 is 0 Å². The Labute approximate surface area is 321 Å². The molecule has 0 aliphatic heterocycles. The Morgan fingerprint density at radius 2 is 1.24 bits per heavy atom. The van der Waals surface area contributed by atoms with Gasteiger partial charge < -0.3 is 41.0 Å². The van der Waals surface area contributed by atoms with Crippen molar-refractivity contribution in [2.45, 2.75) is 53.5 Å². The molecular weight excluding hydrogens is 701 g/mol. The lowest BCUT2D eigenvalue weighted by Crippen LogP contribution is -2.31. The Balaban J connectivity index is 1.41. The van der Waals surface area contributed by atoms with Crippen LogP contribution in [0.25, 0.3) is 11.0 Å². The molecule has 15 heteroatoms. The maximum absolute atomic E-state index is 13.4. The largest absolute Gasteiger partial charge is 0.382 e. The number of carbonyl (C=O) groups excluding carboxylic acids is 4. The van der Waals surface area contributed by atoms with Gasteiger partial charge in [-0.15, -0.1) is 0 Å². The highest BCUT2D eigenvalue weighted by molar-refractivity contribution is 6.07. The van der Waals surface area contributed by atoms with Gasteiger partial charge in [-0.2, -0.15) is 10.2 Å². The molecule has 0 bridgehead atoms. The van der Waals surface area contributed by atoms with Crippen molar-refractivity contribution in [2.75, 3.05) is 69.5 Å². The van der Waals surface area contributed by atoms with Gasteiger partial charge in [0.25, 0.3) is 17.7 Å². The molecule has 0 aliphatic carbocycles. The molecule has 3 amide bonds. The summed E-state index contributed by atoms with van der Waals surface area (Å²) in [4.78, 5) is 73.7. The molecule has 3 aromatic carbocycles. The fourth-order valence-corrected chi connectivity index (χ4v) is 5.90. The summed E-state index contributed by atoms with van der Waals surface area (Å²) in [6.45, 7) is 16.4. The van der Waals surface area contributed by atoms with E-state index in [-0.39, 0.29) is 41.0 Å². The number of fused-ring (bicyclic) bond motifs is 1. The zero-order valence-corrected chi connectivity index (χ0v) is 32.5. The first kappa shape index (κ1) is 42.1. The van der Waals surface area contributed by atoms with Gasteiger partial charge in [0.05, 0.1) is 16.7 Å². The van der Waals surface area contributed by atoms with Gasteiger partial charge in [0.1, 0.15) is 6.04 Å². The van der Waals surface area contributed by atoms with E-state index in [0.29, 0.717) is 46.7 Å². The molecule has 294 valence electrons. The lowest BCUT2D eigenvalue weighted by atomic mass is 10.1. The van der Waals surface area contributed by atoms with Gasteiger partial charge in [-0.25, -0.2) is 4.79 Å². The predicted octanol–water partition coefficient (Wildman–Crippen LogP) is 5.19. The van der Waals surface area contributed by atoms with E-state index < -0.39 is 11.9 Å². The number of benzene rings is 3. The fourth-order valence-electron chi connectivity index (χ4n) is 5.90. The van der Waals surface area contributed by atoms with Crippen LogP contribution >= 0.6 is 0 Å². The van der Waals surface area contributed by atoms with E-state index in [4.69, 9.17) is 0 Å². The van der Waals surface area contributed by atoms with E-state index in [1.54, 1.807) is 60.7 Å². The average molecular weight is 755 g/mol. The molecule has 15 nitrogen and oxygen atoms in total. The number of imidazole rings is 1. The number of ketones is 1. The number of anilines is 2. The number of hydrogen-bond donors (Lipinski definition) is 6. The van der Waals surface area contributed by atoms with Crippen molar-refractivity contribution >= 4 is 51.6 Å². The summed E-state index contributed by atoms with van der Waals surface area (Å²) in [7, 11) is 0. The van der Waals surface area contributed by atoms with Crippen molar-refractivity contribution in [1.29, 1.82) is 0 Å². The lowest BCUT2D eigenvalue weighted by Gasteiger charge is -2.18. The number of azo groups is 1. The fraction of sp³-hybridized carbons (Fsp3) is 0.425. The summed E-state index contributed by atoms with van der Waals surface area (Å²) in [6, 6.07) is 15.6. The molecule has 1 unspecified atom stereocenters. The Morgan fingerprint density at radius 1 is 0.673 bits per heavy atom. The van der Waals surface area contributed by atoms with Gasteiger partial charge >= 0.3 is 5.69 Å². The number of carbonyl (C=O) groups is 4. The molecule has 0 spiro atoms. The van der Waals surface area contributed by atoms with Gasteiger partial charge in [0, 0.05) is 47.7 Å². The van der Waals surface area contributed by atoms with Crippen molar-refractivity contribution in [3.8, 4) is 0 Å². The van der Waals surface area contributed by atoms with Crippen molar-refractivity contribution in [2.24, 2.45) is 10.2 Å². The number of nitrogens with one attached hydrogen (secondary N) is 6. The number of rotatable bonds is 22. The minimum atomic E-state index is -0.774. The maximum Gasteiger partial charge on any atom is 0.323 e. The molecule has 0 fully saturated rings. The third-order valence-electron chi connectivity index (χ3n) is 9.30. The van der Waals surface area contributed by atoms with E-state index in [1.807, 2.05) is 0 Å². The van der Waals surface area contributed by atoms with Crippen LogP contribution in [0.3, 0.4) is 0 Å². The number of Topliss-reactive ketones (excluding diaryl/α,β-unsaturated/α-hetero) is 1. The molecule has 1 heterocycles. The summed E-state index contributed by atoms with van der Waals surface area (Å²) in [6.07, 6.45) is 1.56. The Morgan fingerprint density at radius 3 is 1.78 bits per heavy atom. The van der Waals surface area contributed by atoms with Crippen molar-refractivity contribution in [1.82, 2.24) is 30.4 Å². The van der Waals surface area contributed by atoms with Crippen molar-refractivity contribution in [3.05, 3.63) is 87.8 Å². The molecule has 55 heavy (non-hydrogen) atoms. The molecule has 1 aromatic heterocycles. The van der Waals surface area contributed by atoms with Crippen LogP contribution < -0.4 is 27.0 Å². The number of hydrogen-bond acceptors (Lipinski definition) is 10. The molecule has 6 N–H and O–H groups in total. The van der Waals surface area contributed by atoms with Gasteiger partial charge in [0.15, 0.2) is 5.78 Å². The molecule has 4 rings (SSSR count). The molecular formula is C40H54N10O5. The SMILES string of the molecule is CCN(CC)CCCNC(=O)c1cc(NC(=O)c2ccc(N=NC(CNc3ccc4[nH]c(=O)[nH]c4c3)C(C)=O)cc2)cc(C(=O)NCCCN(CC)CC)c1. The average Bonchev–Trinajstić information content (AvgIpc) is 3.57. The first-order chi connectivity index (χ1) is 26.5. The standard InChI is InChI=1S/C40H54N10O5/c1-6-49(7-2)20-10-18-41-37(52)29-22-30(38(53)42-19-11-21-50(8-3)9-4)24-33(23-29)44-39(54)28-12-14-31(15-13-28)47-48-36(27(5)51)26-43-32-16-17-34-35(25-32)46-40(55)45-34/h12-17,22-25,36,43H,6-11,18-21,26H2,1-5H3,(H,41,52)(H,42,53)(H,44,54)(H2,45,46,55). The highest BCUT2D eigenvalue weighted by Gasteiger charge is 2.17. The minimum absolute atomic E-state index is 0.184. The second-order valence-corrected chi connectivity index (χ2v) is 13.1. The predicted molar refractivity (Wildman–Crippen MR) is 217 cm³/mol. The van der Waals surface area contributed by atoms with Crippen LogP contribution in [0.2, 0.25) is 0 Å². The molecule has 0 saturated heterocycles. The molecule has 0 aliphatic rings. The quantitative estimate of drug-likeness (QED) is 0.0466. The van der Waals surface area contributed by atoms with E-state index in [1.165, 1.54) is 6.92 Å². The van der Waals surface area contributed by atoms with Crippen molar-refractivity contribution in [3.63, 3.8) is 0 Å².